The fourth-order valence-corrected chi connectivity index (χ4v) is 1.53. The number of hydrogen-bond acceptors (Lipinski definition) is 2. The molecule has 1 fully saturated rings. The lowest BCUT2D eigenvalue weighted by Gasteiger charge is -2.20. The van der Waals surface area contributed by atoms with E-state index in [1.54, 1.807) is 7.05 Å². The van der Waals surface area contributed by atoms with Crippen molar-refractivity contribution in [2.24, 2.45) is 0 Å². The normalized spacial score (nSPS) is 20.9. The maximum absolute atomic E-state index is 11.3. The summed E-state index contributed by atoms with van der Waals surface area (Å²) in [7, 11) is 1.55. The molecular weight excluding hydrogens is 168 g/mol. The van der Waals surface area contributed by atoms with Crippen LogP contribution in [0.15, 0.2) is 0 Å². The van der Waals surface area contributed by atoms with Gasteiger partial charge in [0, 0.05) is 13.6 Å². The number of likely N-dealkylation sites (tertiary alicyclic amines) is 1. The zero-order valence-electron chi connectivity index (χ0n) is 7.54. The quantitative estimate of drug-likeness (QED) is 0.545. The number of nitrogens with zero attached hydrogens (tertiary/aromatic N) is 1. The summed E-state index contributed by atoms with van der Waals surface area (Å²) < 4.78 is 0. The number of nitrogens with one attached hydrogen (secondary N) is 1. The first kappa shape index (κ1) is 9.59. The first-order valence-electron chi connectivity index (χ1n) is 4.19. The highest BCUT2D eigenvalue weighted by Gasteiger charge is 2.32. The van der Waals surface area contributed by atoms with E-state index in [9.17, 15) is 9.59 Å². The molecule has 4 nitrogen and oxygen atoms in total. The second kappa shape index (κ2) is 3.94. The van der Waals surface area contributed by atoms with Crippen LogP contribution in [0.4, 0.5) is 0 Å². The van der Waals surface area contributed by atoms with E-state index in [1.807, 2.05) is 5.92 Å². The molecule has 1 N–H and O–H groups in total. The van der Waals surface area contributed by atoms with E-state index < -0.39 is 5.91 Å². The molecule has 1 aliphatic heterocycles. The van der Waals surface area contributed by atoms with E-state index in [1.165, 1.54) is 4.90 Å². The number of hydrogen-bond donors (Lipinski definition) is 1. The third-order valence-electron chi connectivity index (χ3n) is 2.19. The molecule has 1 aliphatic rings. The third kappa shape index (κ3) is 1.81. The van der Waals surface area contributed by atoms with E-state index in [2.05, 4.69) is 5.32 Å². The molecule has 0 aliphatic carbocycles. The van der Waals surface area contributed by atoms with E-state index >= 15 is 0 Å². The monoisotopic (exact) mass is 180 g/mol. The average Bonchev–Trinajstić information content (AvgIpc) is 2.63. The number of carbonyl (C=O) groups excluding carboxylic acids is 2. The van der Waals surface area contributed by atoms with Crippen LogP contribution in [0.2, 0.25) is 0 Å². The van der Waals surface area contributed by atoms with E-state index in [0.717, 1.165) is 6.42 Å². The molecule has 0 aromatic rings. The van der Waals surface area contributed by atoms with Crippen LogP contribution in [-0.4, -0.2) is 36.3 Å². The van der Waals surface area contributed by atoms with Crippen LogP contribution in [0.25, 0.3) is 0 Å². The van der Waals surface area contributed by atoms with E-state index in [-0.39, 0.29) is 11.9 Å². The minimum absolute atomic E-state index is 0.138. The van der Waals surface area contributed by atoms with Crippen LogP contribution < -0.4 is 5.32 Å². The Balaban J connectivity index is 2.70. The first-order chi connectivity index (χ1) is 6.20. The SMILES string of the molecule is C#CC(=O)N1CCCC1C(=O)NC. The third-order valence-corrected chi connectivity index (χ3v) is 2.19. The Bertz CT molecular complexity index is 267. The molecular formula is C9H12N2O2. The molecule has 2 amide bonds. The van der Waals surface area contributed by atoms with Gasteiger partial charge in [-0.25, -0.2) is 0 Å². The summed E-state index contributed by atoms with van der Waals surface area (Å²) in [4.78, 5) is 23.9. The molecule has 1 rings (SSSR count). The van der Waals surface area contributed by atoms with Gasteiger partial charge in [0.05, 0.1) is 0 Å². The smallest absolute Gasteiger partial charge is 0.298 e. The molecule has 13 heavy (non-hydrogen) atoms. The molecule has 70 valence electrons. The van der Waals surface area contributed by atoms with E-state index in [0.29, 0.717) is 13.0 Å². The van der Waals surface area contributed by atoms with Crippen molar-refractivity contribution in [3.63, 3.8) is 0 Å². The topological polar surface area (TPSA) is 49.4 Å². The molecule has 1 atom stereocenters. The average molecular weight is 180 g/mol. The number of amides is 2. The van der Waals surface area contributed by atoms with Crippen molar-refractivity contribution < 1.29 is 9.59 Å². The predicted molar refractivity (Wildman–Crippen MR) is 47.6 cm³/mol. The standard InChI is InChI=1S/C9H12N2O2/c1-3-8(12)11-6-4-5-7(11)9(13)10-2/h1,7H,4-6H2,2H3,(H,10,13). The minimum Gasteiger partial charge on any atom is -0.357 e. The molecule has 1 saturated heterocycles. The zero-order valence-corrected chi connectivity index (χ0v) is 7.54. The largest absolute Gasteiger partial charge is 0.357 e. The first-order valence-corrected chi connectivity index (χ1v) is 4.19. The molecule has 4 heteroatoms. The van der Waals surface area contributed by atoms with Crippen molar-refractivity contribution in [2.45, 2.75) is 18.9 Å². The van der Waals surface area contributed by atoms with Gasteiger partial charge < -0.3 is 10.2 Å². The van der Waals surface area contributed by atoms with Gasteiger partial charge in [-0.3, -0.25) is 9.59 Å². The summed E-state index contributed by atoms with van der Waals surface area (Å²) in [5.74, 6) is 1.49. The molecule has 0 saturated carbocycles. The van der Waals surface area contributed by atoms with Crippen molar-refractivity contribution in [3.05, 3.63) is 0 Å². The highest BCUT2D eigenvalue weighted by Crippen LogP contribution is 2.16. The van der Waals surface area contributed by atoms with Gasteiger partial charge in [-0.05, 0) is 18.8 Å². The summed E-state index contributed by atoms with van der Waals surface area (Å²) >= 11 is 0. The summed E-state index contributed by atoms with van der Waals surface area (Å²) in [6, 6.07) is -0.367. The maximum atomic E-state index is 11.3. The molecule has 1 heterocycles. The van der Waals surface area contributed by atoms with Gasteiger partial charge in [-0.1, -0.05) is 0 Å². The van der Waals surface area contributed by atoms with Crippen molar-refractivity contribution in [1.29, 1.82) is 0 Å². The lowest BCUT2D eigenvalue weighted by molar-refractivity contribution is -0.134. The summed E-state index contributed by atoms with van der Waals surface area (Å²) in [5.41, 5.74) is 0. The molecule has 0 spiro atoms. The second-order valence-electron chi connectivity index (χ2n) is 2.92. The highest BCUT2D eigenvalue weighted by molar-refractivity contribution is 5.96. The van der Waals surface area contributed by atoms with Gasteiger partial charge in [0.2, 0.25) is 5.91 Å². The number of carbonyl (C=O) groups is 2. The van der Waals surface area contributed by atoms with Gasteiger partial charge >= 0.3 is 0 Å². The maximum Gasteiger partial charge on any atom is 0.298 e. The fraction of sp³-hybridized carbons (Fsp3) is 0.556. The Morgan fingerprint density at radius 3 is 2.85 bits per heavy atom. The van der Waals surface area contributed by atoms with Gasteiger partial charge in [0.1, 0.15) is 6.04 Å². The van der Waals surface area contributed by atoms with Gasteiger partial charge in [0.15, 0.2) is 0 Å². The summed E-state index contributed by atoms with van der Waals surface area (Å²) in [5, 5.41) is 2.51. The van der Waals surface area contributed by atoms with Crippen molar-refractivity contribution in [3.8, 4) is 12.3 Å². The summed E-state index contributed by atoms with van der Waals surface area (Å²) in [6.07, 6.45) is 6.52. The summed E-state index contributed by atoms with van der Waals surface area (Å²) in [6.45, 7) is 0.584. The number of terminal acetylenes is 1. The van der Waals surface area contributed by atoms with Crippen LogP contribution in [0.3, 0.4) is 0 Å². The van der Waals surface area contributed by atoms with Crippen LogP contribution in [0.5, 0.6) is 0 Å². The van der Waals surface area contributed by atoms with Crippen LogP contribution in [-0.2, 0) is 9.59 Å². The molecule has 0 bridgehead atoms. The lowest BCUT2D eigenvalue weighted by atomic mass is 10.2. The molecule has 0 radical (unpaired) electrons. The Labute approximate surface area is 77.3 Å². The van der Waals surface area contributed by atoms with Gasteiger partial charge in [0.25, 0.3) is 5.91 Å². The van der Waals surface area contributed by atoms with Gasteiger partial charge in [-0.2, -0.15) is 0 Å². The Hall–Kier alpha value is -1.50. The number of rotatable bonds is 1. The molecule has 0 aromatic heterocycles. The predicted octanol–water partition coefficient (Wildman–Crippen LogP) is -0.643. The van der Waals surface area contributed by atoms with Crippen molar-refractivity contribution in [1.82, 2.24) is 10.2 Å². The van der Waals surface area contributed by atoms with Crippen LogP contribution in [0.1, 0.15) is 12.8 Å². The second-order valence-corrected chi connectivity index (χ2v) is 2.92. The van der Waals surface area contributed by atoms with Crippen molar-refractivity contribution in [2.75, 3.05) is 13.6 Å². The fourth-order valence-electron chi connectivity index (χ4n) is 1.53. The van der Waals surface area contributed by atoms with Crippen LogP contribution in [0, 0.1) is 12.3 Å². The van der Waals surface area contributed by atoms with Crippen molar-refractivity contribution >= 4 is 11.8 Å². The van der Waals surface area contributed by atoms with Crippen LogP contribution >= 0.6 is 0 Å². The Kier molecular flexibility index (Phi) is 2.91. The minimum atomic E-state index is -0.397. The van der Waals surface area contributed by atoms with E-state index in [4.69, 9.17) is 6.42 Å². The van der Waals surface area contributed by atoms with Gasteiger partial charge in [-0.15, -0.1) is 6.42 Å². The molecule has 1 unspecified atom stereocenters. The Morgan fingerprint density at radius 1 is 1.62 bits per heavy atom. The molecule has 0 aromatic carbocycles. The highest BCUT2D eigenvalue weighted by atomic mass is 16.2. The number of likely N-dealkylation sites (N-methyl/N-ethyl adjacent to an activating group) is 1. The zero-order chi connectivity index (χ0) is 9.84. The Morgan fingerprint density at radius 2 is 2.31 bits per heavy atom. The lowest BCUT2D eigenvalue weighted by Crippen LogP contribution is -2.44.